The zero-order valence-electron chi connectivity index (χ0n) is 13.2. The van der Waals surface area contributed by atoms with Crippen molar-refractivity contribution < 1.29 is 4.74 Å². The second-order valence-electron chi connectivity index (χ2n) is 6.50. The van der Waals surface area contributed by atoms with Crippen molar-refractivity contribution in [2.45, 2.75) is 52.7 Å². The van der Waals surface area contributed by atoms with Crippen molar-refractivity contribution >= 4 is 5.95 Å². The van der Waals surface area contributed by atoms with E-state index in [1.165, 1.54) is 0 Å². The molecule has 2 rings (SSSR count). The molecule has 0 aromatic carbocycles. The molecule has 1 atom stereocenters. The normalized spacial score (nSPS) is 20.2. The topological polar surface area (TPSA) is 50.3 Å². The van der Waals surface area contributed by atoms with Crippen LogP contribution in [0.1, 0.15) is 39.0 Å². The van der Waals surface area contributed by atoms with Crippen molar-refractivity contribution in [1.29, 1.82) is 0 Å². The molecule has 20 heavy (non-hydrogen) atoms. The Kier molecular flexibility index (Phi) is 4.60. The van der Waals surface area contributed by atoms with Crippen LogP contribution in [0.5, 0.6) is 0 Å². The Morgan fingerprint density at radius 1 is 1.45 bits per heavy atom. The molecule has 1 N–H and O–H groups in total. The maximum atomic E-state index is 5.46. The molecular weight excluding hydrogens is 252 g/mol. The summed E-state index contributed by atoms with van der Waals surface area (Å²) in [5.41, 5.74) is 2.30. The van der Waals surface area contributed by atoms with Crippen LogP contribution < -0.4 is 10.2 Å². The number of rotatable bonds is 3. The van der Waals surface area contributed by atoms with E-state index in [0.29, 0.717) is 6.04 Å². The highest BCUT2D eigenvalue weighted by Crippen LogP contribution is 2.17. The number of nitrogens with zero attached hydrogens (tertiary/aromatic N) is 3. The number of aryl methyl sites for hydroxylation is 1. The predicted molar refractivity (Wildman–Crippen MR) is 81.0 cm³/mol. The molecule has 0 spiro atoms. The maximum Gasteiger partial charge on any atom is 0.225 e. The Morgan fingerprint density at radius 3 is 2.80 bits per heavy atom. The van der Waals surface area contributed by atoms with Crippen molar-refractivity contribution in [3.05, 3.63) is 17.5 Å². The highest BCUT2D eigenvalue weighted by molar-refractivity contribution is 5.34. The minimum Gasteiger partial charge on any atom is -0.377 e. The van der Waals surface area contributed by atoms with Gasteiger partial charge in [0.15, 0.2) is 0 Å². The average molecular weight is 278 g/mol. The van der Waals surface area contributed by atoms with Crippen molar-refractivity contribution in [2.75, 3.05) is 24.7 Å². The summed E-state index contributed by atoms with van der Waals surface area (Å²) in [7, 11) is 0. The third kappa shape index (κ3) is 3.90. The van der Waals surface area contributed by atoms with E-state index >= 15 is 0 Å². The van der Waals surface area contributed by atoms with Crippen molar-refractivity contribution in [1.82, 2.24) is 15.3 Å². The molecule has 1 unspecified atom stereocenters. The van der Waals surface area contributed by atoms with E-state index < -0.39 is 0 Å². The lowest BCUT2D eigenvalue weighted by Crippen LogP contribution is -2.44. The molecule has 0 amide bonds. The first kappa shape index (κ1) is 15.2. The van der Waals surface area contributed by atoms with Gasteiger partial charge in [0.2, 0.25) is 5.95 Å². The van der Waals surface area contributed by atoms with Gasteiger partial charge in [0.05, 0.1) is 19.3 Å². The standard InChI is InChI=1S/C15H26N4O/c1-11-10-20-7-6-19(11)14-16-8-13(12(2)18-14)9-17-15(3,4)5/h8,11,17H,6-7,9-10H2,1-5H3. The number of nitrogens with one attached hydrogen (secondary N) is 1. The monoisotopic (exact) mass is 278 g/mol. The number of anilines is 1. The molecule has 2 heterocycles. The summed E-state index contributed by atoms with van der Waals surface area (Å²) in [6, 6.07) is 0.335. The van der Waals surface area contributed by atoms with Crippen LogP contribution in [0.15, 0.2) is 6.20 Å². The number of morpholine rings is 1. The third-order valence-corrected chi connectivity index (χ3v) is 3.50. The molecule has 0 radical (unpaired) electrons. The molecule has 1 aromatic rings. The Balaban J connectivity index is 2.09. The van der Waals surface area contributed by atoms with Crippen LogP contribution in [-0.4, -0.2) is 41.3 Å². The van der Waals surface area contributed by atoms with Crippen LogP contribution in [0.2, 0.25) is 0 Å². The molecular formula is C15H26N4O. The summed E-state index contributed by atoms with van der Waals surface area (Å²) in [6.45, 7) is 13.8. The summed E-state index contributed by atoms with van der Waals surface area (Å²) in [5, 5.41) is 3.47. The third-order valence-electron chi connectivity index (χ3n) is 3.50. The average Bonchev–Trinajstić information content (AvgIpc) is 2.37. The van der Waals surface area contributed by atoms with E-state index in [2.05, 4.69) is 54.8 Å². The zero-order valence-corrected chi connectivity index (χ0v) is 13.2. The van der Waals surface area contributed by atoms with Crippen LogP contribution in [0.25, 0.3) is 0 Å². The Labute approximate surface area is 121 Å². The SMILES string of the molecule is Cc1nc(N2CCOCC2C)ncc1CNC(C)(C)C. The van der Waals surface area contributed by atoms with Crippen LogP contribution in [0, 0.1) is 6.92 Å². The Hall–Kier alpha value is -1.20. The van der Waals surface area contributed by atoms with Gasteiger partial charge in [-0.1, -0.05) is 0 Å². The van der Waals surface area contributed by atoms with Gasteiger partial charge in [-0.15, -0.1) is 0 Å². The van der Waals surface area contributed by atoms with Gasteiger partial charge < -0.3 is 15.0 Å². The van der Waals surface area contributed by atoms with E-state index in [9.17, 15) is 0 Å². The molecule has 1 aromatic heterocycles. The lowest BCUT2D eigenvalue weighted by molar-refractivity contribution is 0.0980. The quantitative estimate of drug-likeness (QED) is 0.915. The number of ether oxygens (including phenoxy) is 1. The Bertz CT molecular complexity index is 456. The summed E-state index contributed by atoms with van der Waals surface area (Å²) in [4.78, 5) is 11.4. The van der Waals surface area contributed by atoms with E-state index in [4.69, 9.17) is 4.74 Å². The molecule has 0 aliphatic carbocycles. The second kappa shape index (κ2) is 6.06. The number of hydrogen-bond acceptors (Lipinski definition) is 5. The molecule has 1 aliphatic heterocycles. The van der Waals surface area contributed by atoms with E-state index in [-0.39, 0.29) is 5.54 Å². The fourth-order valence-corrected chi connectivity index (χ4v) is 2.18. The first-order valence-corrected chi connectivity index (χ1v) is 7.29. The molecule has 5 nitrogen and oxygen atoms in total. The van der Waals surface area contributed by atoms with Gasteiger partial charge in [0, 0.05) is 36.1 Å². The fraction of sp³-hybridized carbons (Fsp3) is 0.733. The highest BCUT2D eigenvalue weighted by Gasteiger charge is 2.21. The van der Waals surface area contributed by atoms with Crippen molar-refractivity contribution in [3.63, 3.8) is 0 Å². The molecule has 5 heteroatoms. The first-order chi connectivity index (χ1) is 9.37. The molecule has 0 saturated carbocycles. The molecule has 1 fully saturated rings. The van der Waals surface area contributed by atoms with Crippen LogP contribution in [-0.2, 0) is 11.3 Å². The van der Waals surface area contributed by atoms with E-state index in [1.807, 2.05) is 6.20 Å². The van der Waals surface area contributed by atoms with Gasteiger partial charge in [-0.3, -0.25) is 0 Å². The molecule has 1 saturated heterocycles. The maximum absolute atomic E-state index is 5.46. The lowest BCUT2D eigenvalue weighted by atomic mass is 10.1. The molecule has 1 aliphatic rings. The zero-order chi connectivity index (χ0) is 14.8. The van der Waals surface area contributed by atoms with Gasteiger partial charge in [-0.05, 0) is 34.6 Å². The minimum atomic E-state index is 0.101. The van der Waals surface area contributed by atoms with Crippen LogP contribution in [0.4, 0.5) is 5.95 Å². The van der Waals surface area contributed by atoms with Crippen LogP contribution in [0.3, 0.4) is 0 Å². The van der Waals surface area contributed by atoms with Crippen molar-refractivity contribution in [3.8, 4) is 0 Å². The smallest absolute Gasteiger partial charge is 0.225 e. The lowest BCUT2D eigenvalue weighted by Gasteiger charge is -2.33. The minimum absolute atomic E-state index is 0.101. The number of hydrogen-bond donors (Lipinski definition) is 1. The highest BCUT2D eigenvalue weighted by atomic mass is 16.5. The summed E-state index contributed by atoms with van der Waals surface area (Å²) in [5.74, 6) is 0.817. The molecule has 0 bridgehead atoms. The second-order valence-corrected chi connectivity index (χ2v) is 6.50. The van der Waals surface area contributed by atoms with E-state index in [1.54, 1.807) is 0 Å². The van der Waals surface area contributed by atoms with Crippen LogP contribution >= 0.6 is 0 Å². The summed E-state index contributed by atoms with van der Waals surface area (Å²) >= 11 is 0. The van der Waals surface area contributed by atoms with Gasteiger partial charge >= 0.3 is 0 Å². The predicted octanol–water partition coefficient (Wildman–Crippen LogP) is 1.90. The fourth-order valence-electron chi connectivity index (χ4n) is 2.18. The first-order valence-electron chi connectivity index (χ1n) is 7.29. The van der Waals surface area contributed by atoms with Gasteiger partial charge in [-0.25, -0.2) is 9.97 Å². The largest absolute Gasteiger partial charge is 0.377 e. The molecule has 112 valence electrons. The van der Waals surface area contributed by atoms with Gasteiger partial charge in [0.1, 0.15) is 0 Å². The number of aromatic nitrogens is 2. The Morgan fingerprint density at radius 2 is 2.20 bits per heavy atom. The van der Waals surface area contributed by atoms with E-state index in [0.717, 1.165) is 43.5 Å². The summed E-state index contributed by atoms with van der Waals surface area (Å²) in [6.07, 6.45) is 1.94. The van der Waals surface area contributed by atoms with Crippen molar-refractivity contribution in [2.24, 2.45) is 0 Å². The van der Waals surface area contributed by atoms with Gasteiger partial charge in [-0.2, -0.15) is 0 Å². The van der Waals surface area contributed by atoms with Gasteiger partial charge in [0.25, 0.3) is 0 Å². The summed E-state index contributed by atoms with van der Waals surface area (Å²) < 4.78 is 5.46.